The molecular formula is C18H24O4. The van der Waals surface area contributed by atoms with Gasteiger partial charge in [-0.3, -0.25) is 0 Å². The lowest BCUT2D eigenvalue weighted by Crippen LogP contribution is -2.53. The van der Waals surface area contributed by atoms with E-state index in [0.717, 1.165) is 24.8 Å². The molecule has 2 saturated carbocycles. The normalized spacial score (nSPS) is 37.0. The largest absolute Gasteiger partial charge is 0.393 e. The summed E-state index contributed by atoms with van der Waals surface area (Å²) in [4.78, 5) is 0. The Balaban J connectivity index is 1.36. The minimum atomic E-state index is -0.444. The second-order valence-corrected chi connectivity index (χ2v) is 6.95. The molecule has 1 heterocycles. The molecule has 4 heteroatoms. The third-order valence-corrected chi connectivity index (χ3v) is 5.88. The first kappa shape index (κ1) is 14.6. The molecule has 3 aliphatic rings. The molecule has 1 saturated heterocycles. The number of hydrogen-bond acceptors (Lipinski definition) is 4. The zero-order valence-electron chi connectivity index (χ0n) is 12.7. The molecule has 22 heavy (non-hydrogen) atoms. The van der Waals surface area contributed by atoms with Gasteiger partial charge in [0.05, 0.1) is 25.4 Å². The first-order valence-electron chi connectivity index (χ1n) is 8.38. The molecule has 4 nitrogen and oxygen atoms in total. The van der Waals surface area contributed by atoms with Gasteiger partial charge >= 0.3 is 0 Å². The van der Waals surface area contributed by atoms with Gasteiger partial charge in [0.2, 0.25) is 0 Å². The van der Waals surface area contributed by atoms with E-state index in [9.17, 15) is 10.2 Å². The highest BCUT2D eigenvalue weighted by Gasteiger charge is 2.64. The molecule has 1 aliphatic heterocycles. The van der Waals surface area contributed by atoms with E-state index in [4.69, 9.17) is 9.47 Å². The second kappa shape index (κ2) is 5.60. The lowest BCUT2D eigenvalue weighted by molar-refractivity contribution is -0.272. The molecular weight excluding hydrogens is 280 g/mol. The van der Waals surface area contributed by atoms with Crippen molar-refractivity contribution in [2.45, 2.75) is 43.7 Å². The van der Waals surface area contributed by atoms with Crippen LogP contribution < -0.4 is 0 Å². The van der Waals surface area contributed by atoms with Gasteiger partial charge in [0.1, 0.15) is 0 Å². The molecule has 120 valence electrons. The van der Waals surface area contributed by atoms with Crippen molar-refractivity contribution in [2.75, 3.05) is 13.2 Å². The summed E-state index contributed by atoms with van der Waals surface area (Å²) in [6.07, 6.45) is 2.50. The summed E-state index contributed by atoms with van der Waals surface area (Å²) in [5.74, 6) is 0.695. The Hall–Kier alpha value is -0.940. The Labute approximate surface area is 131 Å². The summed E-state index contributed by atoms with van der Waals surface area (Å²) in [5.41, 5.74) is 0.957. The van der Waals surface area contributed by atoms with Crippen LogP contribution in [0.1, 0.15) is 37.4 Å². The maximum Gasteiger partial charge on any atom is 0.171 e. The third kappa shape index (κ3) is 2.29. The summed E-state index contributed by atoms with van der Waals surface area (Å²) >= 11 is 0. The first-order chi connectivity index (χ1) is 10.7. The van der Waals surface area contributed by atoms with Crippen molar-refractivity contribution in [3.8, 4) is 0 Å². The van der Waals surface area contributed by atoms with Gasteiger partial charge in [-0.15, -0.1) is 0 Å². The van der Waals surface area contributed by atoms with E-state index in [-0.39, 0.29) is 12.0 Å². The molecule has 3 fully saturated rings. The van der Waals surface area contributed by atoms with Crippen molar-refractivity contribution in [2.24, 2.45) is 17.8 Å². The molecule has 5 atom stereocenters. The van der Waals surface area contributed by atoms with Crippen LogP contribution in [-0.2, 0) is 9.47 Å². The van der Waals surface area contributed by atoms with Gasteiger partial charge in [-0.2, -0.15) is 0 Å². The van der Waals surface area contributed by atoms with Crippen LogP contribution in [0.25, 0.3) is 0 Å². The molecule has 0 aromatic heterocycles. The third-order valence-electron chi connectivity index (χ3n) is 5.88. The van der Waals surface area contributed by atoms with E-state index in [0.29, 0.717) is 31.5 Å². The topological polar surface area (TPSA) is 58.9 Å². The van der Waals surface area contributed by atoms with Crippen LogP contribution in [0.2, 0.25) is 0 Å². The Bertz CT molecular complexity index is 511. The van der Waals surface area contributed by atoms with Crippen LogP contribution in [0.5, 0.6) is 0 Å². The summed E-state index contributed by atoms with van der Waals surface area (Å²) in [7, 11) is 0. The summed E-state index contributed by atoms with van der Waals surface area (Å²) in [6, 6.07) is 9.76. The number of ether oxygens (including phenoxy) is 2. The molecule has 1 aromatic rings. The van der Waals surface area contributed by atoms with Crippen molar-refractivity contribution >= 4 is 0 Å². The van der Waals surface area contributed by atoms with E-state index in [1.807, 2.05) is 30.3 Å². The zero-order chi connectivity index (χ0) is 15.2. The van der Waals surface area contributed by atoms with Crippen molar-refractivity contribution in [3.05, 3.63) is 35.9 Å². The standard InChI is InChI=1S/C18H24O4/c19-16(12-4-2-1-3-5-12)7-6-13-14-11-18(21-8-9-22-18)15(14)10-17(13)20/h1-5,13-17,19-20H,6-11H2. The van der Waals surface area contributed by atoms with Crippen LogP contribution >= 0.6 is 0 Å². The van der Waals surface area contributed by atoms with Crippen molar-refractivity contribution in [3.63, 3.8) is 0 Å². The van der Waals surface area contributed by atoms with Crippen LogP contribution in [0.3, 0.4) is 0 Å². The average Bonchev–Trinajstić information content (AvgIpc) is 3.12. The van der Waals surface area contributed by atoms with Crippen LogP contribution in [0, 0.1) is 17.8 Å². The van der Waals surface area contributed by atoms with Gasteiger partial charge in [-0.25, -0.2) is 0 Å². The predicted molar refractivity (Wildman–Crippen MR) is 81.0 cm³/mol. The Morgan fingerprint density at radius 2 is 1.91 bits per heavy atom. The quantitative estimate of drug-likeness (QED) is 0.896. The van der Waals surface area contributed by atoms with Crippen LogP contribution in [0.4, 0.5) is 0 Å². The van der Waals surface area contributed by atoms with E-state index < -0.39 is 11.9 Å². The van der Waals surface area contributed by atoms with Gasteiger partial charge in [0.15, 0.2) is 5.79 Å². The highest BCUT2D eigenvalue weighted by atomic mass is 16.7. The predicted octanol–water partition coefficient (Wildman–Crippen LogP) is 2.26. The maximum absolute atomic E-state index is 10.4. The molecule has 1 spiro atoms. The highest BCUT2D eigenvalue weighted by Crippen LogP contribution is 2.60. The Morgan fingerprint density at radius 3 is 2.64 bits per heavy atom. The van der Waals surface area contributed by atoms with E-state index >= 15 is 0 Å². The van der Waals surface area contributed by atoms with Gasteiger partial charge in [-0.05, 0) is 36.7 Å². The molecule has 2 N–H and O–H groups in total. The fraction of sp³-hybridized carbons (Fsp3) is 0.667. The SMILES string of the molecule is OC(CCC1C(O)CC2C1CC21OCCO1)c1ccccc1. The highest BCUT2D eigenvalue weighted by molar-refractivity contribution is 5.17. The van der Waals surface area contributed by atoms with Crippen LogP contribution in [-0.4, -0.2) is 35.3 Å². The summed E-state index contributed by atoms with van der Waals surface area (Å²) in [5, 5.41) is 20.7. The number of benzene rings is 1. The van der Waals surface area contributed by atoms with E-state index in [2.05, 4.69) is 0 Å². The molecule has 4 rings (SSSR count). The number of rotatable bonds is 4. The van der Waals surface area contributed by atoms with Crippen molar-refractivity contribution < 1.29 is 19.7 Å². The lowest BCUT2D eigenvalue weighted by Gasteiger charge is -2.49. The van der Waals surface area contributed by atoms with Crippen LogP contribution in [0.15, 0.2) is 30.3 Å². The molecule has 2 aliphatic carbocycles. The minimum Gasteiger partial charge on any atom is -0.393 e. The Morgan fingerprint density at radius 1 is 1.18 bits per heavy atom. The van der Waals surface area contributed by atoms with Gasteiger partial charge in [0, 0.05) is 12.3 Å². The smallest absolute Gasteiger partial charge is 0.171 e. The number of hydrogen-bond donors (Lipinski definition) is 2. The maximum atomic E-state index is 10.4. The number of aliphatic hydroxyl groups excluding tert-OH is 2. The second-order valence-electron chi connectivity index (χ2n) is 6.95. The zero-order valence-corrected chi connectivity index (χ0v) is 12.7. The van der Waals surface area contributed by atoms with E-state index in [1.54, 1.807) is 0 Å². The first-order valence-corrected chi connectivity index (χ1v) is 8.38. The van der Waals surface area contributed by atoms with Crippen molar-refractivity contribution in [1.82, 2.24) is 0 Å². The summed E-state index contributed by atoms with van der Waals surface area (Å²) in [6.45, 7) is 1.35. The summed E-state index contributed by atoms with van der Waals surface area (Å²) < 4.78 is 11.6. The molecule has 0 radical (unpaired) electrons. The lowest BCUT2D eigenvalue weighted by atomic mass is 9.66. The van der Waals surface area contributed by atoms with Gasteiger partial charge < -0.3 is 19.7 Å². The molecule has 0 bridgehead atoms. The minimum absolute atomic E-state index is 0.266. The van der Waals surface area contributed by atoms with E-state index in [1.165, 1.54) is 0 Å². The number of fused-ring (bicyclic) bond motifs is 2. The fourth-order valence-corrected chi connectivity index (χ4v) is 4.71. The van der Waals surface area contributed by atoms with Crippen molar-refractivity contribution in [1.29, 1.82) is 0 Å². The Kier molecular flexibility index (Phi) is 3.73. The fourth-order valence-electron chi connectivity index (χ4n) is 4.71. The molecule has 5 unspecified atom stereocenters. The molecule has 0 amide bonds. The van der Waals surface area contributed by atoms with Gasteiger partial charge in [0.25, 0.3) is 0 Å². The number of aliphatic hydroxyl groups is 2. The molecule has 1 aromatic carbocycles. The average molecular weight is 304 g/mol. The van der Waals surface area contributed by atoms with Gasteiger partial charge in [-0.1, -0.05) is 30.3 Å². The monoisotopic (exact) mass is 304 g/mol.